The molecule has 21 heavy (non-hydrogen) atoms. The van der Waals surface area contributed by atoms with Gasteiger partial charge in [0, 0.05) is 38.6 Å². The van der Waals surface area contributed by atoms with E-state index in [0.717, 1.165) is 23.5 Å². The number of halogens is 1. The fourth-order valence-corrected chi connectivity index (χ4v) is 2.60. The quantitative estimate of drug-likeness (QED) is 0.782. The van der Waals surface area contributed by atoms with Gasteiger partial charge in [-0.2, -0.15) is 0 Å². The molecule has 2 aromatic rings. The van der Waals surface area contributed by atoms with Gasteiger partial charge in [0.05, 0.1) is 5.56 Å². The molecule has 0 N–H and O–H groups in total. The first-order valence-electron chi connectivity index (χ1n) is 6.81. The average Bonchev–Trinajstić information content (AvgIpc) is 2.56. The van der Waals surface area contributed by atoms with Crippen LogP contribution in [0.1, 0.15) is 10.4 Å². The van der Waals surface area contributed by atoms with Crippen LogP contribution in [-0.2, 0) is 0 Å². The molecule has 0 saturated carbocycles. The summed E-state index contributed by atoms with van der Waals surface area (Å²) in [4.78, 5) is 24.9. The highest BCUT2D eigenvalue weighted by atomic mass is 79.9. The number of pyridine rings is 2. The Labute approximate surface area is 131 Å². The predicted octanol–water partition coefficient (Wildman–Crippen LogP) is 2.20. The maximum absolute atomic E-state index is 12.4. The van der Waals surface area contributed by atoms with Crippen molar-refractivity contribution >= 4 is 27.7 Å². The topological polar surface area (TPSA) is 49.3 Å². The van der Waals surface area contributed by atoms with Crippen LogP contribution in [0.25, 0.3) is 0 Å². The number of amides is 1. The van der Waals surface area contributed by atoms with Crippen LogP contribution in [0.3, 0.4) is 0 Å². The molecule has 5 nitrogen and oxygen atoms in total. The highest BCUT2D eigenvalue weighted by molar-refractivity contribution is 9.10. The van der Waals surface area contributed by atoms with Crippen LogP contribution in [0.4, 0.5) is 5.82 Å². The summed E-state index contributed by atoms with van der Waals surface area (Å²) in [5.74, 6) is 1.01. The molecule has 0 aliphatic carbocycles. The van der Waals surface area contributed by atoms with Crippen molar-refractivity contribution in [3.63, 3.8) is 0 Å². The minimum atomic E-state index is 0.0377. The van der Waals surface area contributed by atoms with Crippen LogP contribution in [0, 0.1) is 0 Å². The molecule has 0 unspecified atom stereocenters. The number of rotatable bonds is 2. The van der Waals surface area contributed by atoms with Gasteiger partial charge in [0.1, 0.15) is 10.4 Å². The lowest BCUT2D eigenvalue weighted by atomic mass is 10.2. The van der Waals surface area contributed by atoms with E-state index in [1.165, 1.54) is 0 Å². The Morgan fingerprint density at radius 1 is 1.05 bits per heavy atom. The minimum absolute atomic E-state index is 0.0377. The van der Waals surface area contributed by atoms with Crippen molar-refractivity contribution in [1.82, 2.24) is 14.9 Å². The predicted molar refractivity (Wildman–Crippen MR) is 84.3 cm³/mol. The van der Waals surface area contributed by atoms with Crippen molar-refractivity contribution in [1.29, 1.82) is 0 Å². The Morgan fingerprint density at radius 3 is 2.48 bits per heavy atom. The van der Waals surface area contributed by atoms with E-state index in [0.29, 0.717) is 18.7 Å². The fourth-order valence-electron chi connectivity index (χ4n) is 2.36. The zero-order valence-electron chi connectivity index (χ0n) is 11.4. The summed E-state index contributed by atoms with van der Waals surface area (Å²) < 4.78 is 0.735. The summed E-state index contributed by atoms with van der Waals surface area (Å²) >= 11 is 3.27. The van der Waals surface area contributed by atoms with Crippen LogP contribution in [0.15, 0.2) is 47.3 Å². The van der Waals surface area contributed by atoms with Gasteiger partial charge >= 0.3 is 0 Å². The van der Waals surface area contributed by atoms with Crippen molar-refractivity contribution in [2.45, 2.75) is 0 Å². The van der Waals surface area contributed by atoms with Crippen LogP contribution >= 0.6 is 15.9 Å². The highest BCUT2D eigenvalue weighted by Gasteiger charge is 2.22. The number of hydrogen-bond acceptors (Lipinski definition) is 4. The number of nitrogens with zero attached hydrogens (tertiary/aromatic N) is 4. The van der Waals surface area contributed by atoms with Crippen LogP contribution < -0.4 is 4.90 Å². The van der Waals surface area contributed by atoms with Crippen molar-refractivity contribution in [3.8, 4) is 0 Å². The normalized spacial score (nSPS) is 15.1. The van der Waals surface area contributed by atoms with E-state index in [4.69, 9.17) is 0 Å². The Balaban J connectivity index is 1.63. The number of carbonyl (C=O) groups excluding carboxylic acids is 1. The molecule has 1 fully saturated rings. The van der Waals surface area contributed by atoms with Gasteiger partial charge in [-0.15, -0.1) is 0 Å². The summed E-state index contributed by atoms with van der Waals surface area (Å²) in [7, 11) is 0. The first-order chi connectivity index (χ1) is 10.2. The average molecular weight is 347 g/mol. The molecule has 6 heteroatoms. The molecule has 0 bridgehead atoms. The minimum Gasteiger partial charge on any atom is -0.353 e. The molecule has 1 amide bonds. The van der Waals surface area contributed by atoms with Gasteiger partial charge in [0.15, 0.2) is 0 Å². The van der Waals surface area contributed by atoms with Gasteiger partial charge in [-0.3, -0.25) is 4.79 Å². The second-order valence-electron chi connectivity index (χ2n) is 4.84. The number of anilines is 1. The highest BCUT2D eigenvalue weighted by Crippen LogP contribution is 2.15. The van der Waals surface area contributed by atoms with E-state index in [2.05, 4.69) is 30.8 Å². The molecule has 1 aliphatic heterocycles. The lowest BCUT2D eigenvalue weighted by molar-refractivity contribution is 0.0746. The molecule has 3 heterocycles. The standard InChI is InChI=1S/C15H15BrN4O/c16-13-5-4-12(11-18-13)15(21)20-9-7-19(8-10-20)14-3-1-2-6-17-14/h1-6,11H,7-10H2. The Bertz CT molecular complexity index is 609. The summed E-state index contributed by atoms with van der Waals surface area (Å²) in [6, 6.07) is 9.47. The summed E-state index contributed by atoms with van der Waals surface area (Å²) in [5, 5.41) is 0. The first kappa shape index (κ1) is 14.0. The Kier molecular flexibility index (Phi) is 4.15. The third-order valence-electron chi connectivity index (χ3n) is 3.51. The molecule has 0 aromatic carbocycles. The van der Waals surface area contributed by atoms with Crippen molar-refractivity contribution in [3.05, 3.63) is 52.9 Å². The molecule has 1 saturated heterocycles. The summed E-state index contributed by atoms with van der Waals surface area (Å²) in [6.07, 6.45) is 3.40. The molecule has 0 atom stereocenters. The fraction of sp³-hybridized carbons (Fsp3) is 0.267. The lowest BCUT2D eigenvalue weighted by Gasteiger charge is -2.35. The van der Waals surface area contributed by atoms with E-state index < -0.39 is 0 Å². The monoisotopic (exact) mass is 346 g/mol. The molecule has 3 rings (SSSR count). The molecule has 108 valence electrons. The molecular weight excluding hydrogens is 332 g/mol. The molecular formula is C15H15BrN4O. The van der Waals surface area contributed by atoms with Gasteiger partial charge in [-0.05, 0) is 40.2 Å². The number of hydrogen-bond donors (Lipinski definition) is 0. The zero-order chi connectivity index (χ0) is 14.7. The van der Waals surface area contributed by atoms with E-state index in [9.17, 15) is 4.79 Å². The maximum Gasteiger partial charge on any atom is 0.255 e. The molecule has 2 aromatic heterocycles. The van der Waals surface area contributed by atoms with E-state index >= 15 is 0 Å². The SMILES string of the molecule is O=C(c1ccc(Br)nc1)N1CCN(c2ccccn2)CC1. The third-order valence-corrected chi connectivity index (χ3v) is 3.98. The van der Waals surface area contributed by atoms with E-state index in [1.54, 1.807) is 24.5 Å². The van der Waals surface area contributed by atoms with Crippen molar-refractivity contribution in [2.75, 3.05) is 31.1 Å². The second kappa shape index (κ2) is 6.22. The Morgan fingerprint density at radius 2 is 1.86 bits per heavy atom. The molecule has 1 aliphatic rings. The number of piperazine rings is 1. The van der Waals surface area contributed by atoms with Crippen LogP contribution in [0.5, 0.6) is 0 Å². The Hall–Kier alpha value is -1.95. The van der Waals surface area contributed by atoms with Gasteiger partial charge in [-0.25, -0.2) is 9.97 Å². The molecule has 0 spiro atoms. The van der Waals surface area contributed by atoms with Crippen molar-refractivity contribution in [2.24, 2.45) is 0 Å². The zero-order valence-corrected chi connectivity index (χ0v) is 13.0. The maximum atomic E-state index is 12.4. The third kappa shape index (κ3) is 3.21. The van der Waals surface area contributed by atoms with Crippen molar-refractivity contribution < 1.29 is 4.79 Å². The van der Waals surface area contributed by atoms with Crippen LogP contribution in [-0.4, -0.2) is 47.0 Å². The van der Waals surface area contributed by atoms with Crippen LogP contribution in [0.2, 0.25) is 0 Å². The summed E-state index contributed by atoms with van der Waals surface area (Å²) in [6.45, 7) is 3.00. The second-order valence-corrected chi connectivity index (χ2v) is 5.65. The summed E-state index contributed by atoms with van der Waals surface area (Å²) in [5.41, 5.74) is 0.629. The molecule has 0 radical (unpaired) electrons. The van der Waals surface area contributed by atoms with Gasteiger partial charge in [0.25, 0.3) is 5.91 Å². The van der Waals surface area contributed by atoms with Gasteiger partial charge < -0.3 is 9.80 Å². The lowest BCUT2D eigenvalue weighted by Crippen LogP contribution is -2.49. The van der Waals surface area contributed by atoms with E-state index in [1.807, 2.05) is 23.1 Å². The first-order valence-corrected chi connectivity index (χ1v) is 7.60. The smallest absolute Gasteiger partial charge is 0.255 e. The largest absolute Gasteiger partial charge is 0.353 e. The van der Waals surface area contributed by atoms with Gasteiger partial charge in [0.2, 0.25) is 0 Å². The van der Waals surface area contributed by atoms with Gasteiger partial charge in [-0.1, -0.05) is 6.07 Å². The number of carbonyl (C=O) groups is 1. The number of aromatic nitrogens is 2. The van der Waals surface area contributed by atoms with E-state index in [-0.39, 0.29) is 5.91 Å².